The van der Waals surface area contributed by atoms with Crippen LogP contribution in [0.2, 0.25) is 0 Å². The van der Waals surface area contributed by atoms with Gasteiger partial charge in [0, 0.05) is 37.2 Å². The SMILES string of the molecule is O=C(Nc1ccccc1)C1CCCN(C(=O)CCc2ccc(-c3ccccc3)o2)C1. The lowest BCUT2D eigenvalue weighted by Gasteiger charge is -2.32. The average Bonchev–Trinajstić information content (AvgIpc) is 3.28. The van der Waals surface area contributed by atoms with Crippen molar-refractivity contribution in [1.82, 2.24) is 4.90 Å². The molecular formula is C25H26N2O3. The highest BCUT2D eigenvalue weighted by Crippen LogP contribution is 2.23. The molecule has 0 spiro atoms. The zero-order chi connectivity index (χ0) is 20.8. The maximum Gasteiger partial charge on any atom is 0.229 e. The monoisotopic (exact) mass is 402 g/mol. The summed E-state index contributed by atoms with van der Waals surface area (Å²) >= 11 is 0. The Labute approximate surface area is 176 Å². The van der Waals surface area contributed by atoms with Crippen molar-refractivity contribution in [2.75, 3.05) is 18.4 Å². The van der Waals surface area contributed by atoms with Crippen LogP contribution in [-0.2, 0) is 16.0 Å². The lowest BCUT2D eigenvalue weighted by Crippen LogP contribution is -2.43. The first kappa shape index (κ1) is 20.0. The molecule has 30 heavy (non-hydrogen) atoms. The molecule has 0 saturated carbocycles. The van der Waals surface area contributed by atoms with E-state index in [1.165, 1.54) is 0 Å². The third-order valence-electron chi connectivity index (χ3n) is 5.49. The molecule has 1 aromatic heterocycles. The number of benzene rings is 2. The van der Waals surface area contributed by atoms with Crippen molar-refractivity contribution in [3.8, 4) is 11.3 Å². The highest BCUT2D eigenvalue weighted by Gasteiger charge is 2.28. The second kappa shape index (κ2) is 9.44. The van der Waals surface area contributed by atoms with E-state index in [9.17, 15) is 9.59 Å². The lowest BCUT2D eigenvalue weighted by atomic mass is 9.96. The van der Waals surface area contributed by atoms with E-state index in [1.54, 1.807) is 0 Å². The molecule has 0 bridgehead atoms. The molecule has 1 N–H and O–H groups in total. The van der Waals surface area contributed by atoms with Crippen LogP contribution >= 0.6 is 0 Å². The van der Waals surface area contributed by atoms with Crippen LogP contribution in [0.25, 0.3) is 11.3 Å². The quantitative estimate of drug-likeness (QED) is 0.647. The first-order valence-corrected chi connectivity index (χ1v) is 10.5. The lowest BCUT2D eigenvalue weighted by molar-refractivity contribution is -0.134. The number of nitrogens with zero attached hydrogens (tertiary/aromatic N) is 1. The number of carbonyl (C=O) groups excluding carboxylic acids is 2. The van der Waals surface area contributed by atoms with E-state index in [1.807, 2.05) is 77.7 Å². The number of piperidine rings is 1. The van der Waals surface area contributed by atoms with Gasteiger partial charge in [-0.3, -0.25) is 9.59 Å². The highest BCUT2D eigenvalue weighted by molar-refractivity contribution is 5.93. The second-order valence-electron chi connectivity index (χ2n) is 7.67. The molecule has 5 nitrogen and oxygen atoms in total. The standard InChI is InChI=1S/C25H26N2O3/c28-24(16-14-22-13-15-23(30-22)19-8-3-1-4-9-19)27-17-7-10-20(18-27)25(29)26-21-11-5-2-6-12-21/h1-6,8-9,11-13,15,20H,7,10,14,16-18H2,(H,26,29). The van der Waals surface area contributed by atoms with E-state index in [0.717, 1.165) is 35.6 Å². The van der Waals surface area contributed by atoms with Gasteiger partial charge in [-0.25, -0.2) is 0 Å². The minimum absolute atomic E-state index is 0.0164. The Bertz CT molecular complexity index is 982. The average molecular weight is 402 g/mol. The molecule has 1 saturated heterocycles. The summed E-state index contributed by atoms with van der Waals surface area (Å²) in [5, 5.41) is 2.96. The molecule has 1 aliphatic heterocycles. The third kappa shape index (κ3) is 4.98. The van der Waals surface area contributed by atoms with Gasteiger partial charge in [-0.15, -0.1) is 0 Å². The number of rotatable bonds is 6. The molecule has 2 amide bonds. The van der Waals surface area contributed by atoms with Crippen molar-refractivity contribution >= 4 is 17.5 Å². The van der Waals surface area contributed by atoms with Crippen LogP contribution in [0.4, 0.5) is 5.69 Å². The summed E-state index contributed by atoms with van der Waals surface area (Å²) in [5.74, 6) is 1.50. The molecule has 0 aliphatic carbocycles. The molecule has 5 heteroatoms. The molecule has 1 atom stereocenters. The van der Waals surface area contributed by atoms with E-state index in [0.29, 0.717) is 25.9 Å². The molecule has 3 aromatic rings. The van der Waals surface area contributed by atoms with E-state index in [4.69, 9.17) is 4.42 Å². The summed E-state index contributed by atoms with van der Waals surface area (Å²) in [5.41, 5.74) is 1.82. The Balaban J connectivity index is 1.29. The topological polar surface area (TPSA) is 62.6 Å². The van der Waals surface area contributed by atoms with Crippen LogP contribution in [-0.4, -0.2) is 29.8 Å². The normalized spacial score (nSPS) is 16.3. The van der Waals surface area contributed by atoms with Crippen LogP contribution in [0.1, 0.15) is 25.0 Å². The Morgan fingerprint density at radius 2 is 1.70 bits per heavy atom. The smallest absolute Gasteiger partial charge is 0.229 e. The Kier molecular flexibility index (Phi) is 6.28. The number of aryl methyl sites for hydroxylation is 1. The van der Waals surface area contributed by atoms with Crippen molar-refractivity contribution in [2.24, 2.45) is 5.92 Å². The van der Waals surface area contributed by atoms with Gasteiger partial charge in [-0.05, 0) is 37.1 Å². The summed E-state index contributed by atoms with van der Waals surface area (Å²) < 4.78 is 5.90. The summed E-state index contributed by atoms with van der Waals surface area (Å²) in [7, 11) is 0. The zero-order valence-corrected chi connectivity index (χ0v) is 16.9. The molecule has 2 aromatic carbocycles. The number of para-hydroxylation sites is 1. The Morgan fingerprint density at radius 3 is 2.47 bits per heavy atom. The zero-order valence-electron chi connectivity index (χ0n) is 16.9. The van der Waals surface area contributed by atoms with Gasteiger partial charge in [-0.2, -0.15) is 0 Å². The summed E-state index contributed by atoms with van der Waals surface area (Å²) in [6, 6.07) is 23.2. The molecule has 1 fully saturated rings. The number of hydrogen-bond donors (Lipinski definition) is 1. The molecule has 1 unspecified atom stereocenters. The number of likely N-dealkylation sites (tertiary alicyclic amines) is 1. The van der Waals surface area contributed by atoms with Crippen LogP contribution < -0.4 is 5.32 Å². The van der Waals surface area contributed by atoms with Crippen molar-refractivity contribution in [3.05, 3.63) is 78.6 Å². The number of furan rings is 1. The van der Waals surface area contributed by atoms with Crippen LogP contribution in [0.5, 0.6) is 0 Å². The first-order valence-electron chi connectivity index (χ1n) is 10.5. The summed E-state index contributed by atoms with van der Waals surface area (Å²) in [6.45, 7) is 1.19. The second-order valence-corrected chi connectivity index (χ2v) is 7.67. The Hall–Kier alpha value is -3.34. The maximum absolute atomic E-state index is 12.7. The molecular weight excluding hydrogens is 376 g/mol. The predicted octanol–water partition coefficient (Wildman–Crippen LogP) is 4.76. The molecule has 154 valence electrons. The number of nitrogens with one attached hydrogen (secondary N) is 1. The van der Waals surface area contributed by atoms with Gasteiger partial charge >= 0.3 is 0 Å². The number of hydrogen-bond acceptors (Lipinski definition) is 3. The van der Waals surface area contributed by atoms with Crippen LogP contribution in [0.15, 0.2) is 77.2 Å². The predicted molar refractivity (Wildman–Crippen MR) is 117 cm³/mol. The van der Waals surface area contributed by atoms with Gasteiger partial charge in [0.25, 0.3) is 0 Å². The van der Waals surface area contributed by atoms with E-state index >= 15 is 0 Å². The third-order valence-corrected chi connectivity index (χ3v) is 5.49. The minimum atomic E-state index is -0.170. The van der Waals surface area contributed by atoms with Crippen molar-refractivity contribution in [2.45, 2.75) is 25.7 Å². The Morgan fingerprint density at radius 1 is 0.967 bits per heavy atom. The molecule has 2 heterocycles. The van der Waals surface area contributed by atoms with Crippen molar-refractivity contribution in [1.29, 1.82) is 0 Å². The highest BCUT2D eigenvalue weighted by atomic mass is 16.3. The van der Waals surface area contributed by atoms with Gasteiger partial charge in [-0.1, -0.05) is 48.5 Å². The van der Waals surface area contributed by atoms with Gasteiger partial charge in [0.15, 0.2) is 0 Å². The van der Waals surface area contributed by atoms with E-state index < -0.39 is 0 Å². The van der Waals surface area contributed by atoms with Gasteiger partial charge < -0.3 is 14.6 Å². The largest absolute Gasteiger partial charge is 0.461 e. The number of anilines is 1. The van der Waals surface area contributed by atoms with Gasteiger partial charge in [0.2, 0.25) is 11.8 Å². The fourth-order valence-electron chi connectivity index (χ4n) is 3.84. The van der Waals surface area contributed by atoms with Gasteiger partial charge in [0.05, 0.1) is 5.92 Å². The van der Waals surface area contributed by atoms with Crippen LogP contribution in [0, 0.1) is 5.92 Å². The van der Waals surface area contributed by atoms with E-state index in [-0.39, 0.29) is 17.7 Å². The number of amides is 2. The van der Waals surface area contributed by atoms with Gasteiger partial charge in [0.1, 0.15) is 11.5 Å². The number of carbonyl (C=O) groups is 2. The fourth-order valence-corrected chi connectivity index (χ4v) is 3.84. The summed E-state index contributed by atoms with van der Waals surface area (Å²) in [6.07, 6.45) is 2.59. The van der Waals surface area contributed by atoms with Crippen LogP contribution in [0.3, 0.4) is 0 Å². The first-order chi connectivity index (χ1) is 14.7. The molecule has 0 radical (unpaired) electrons. The van der Waals surface area contributed by atoms with E-state index in [2.05, 4.69) is 5.32 Å². The van der Waals surface area contributed by atoms with Crippen molar-refractivity contribution < 1.29 is 14.0 Å². The summed E-state index contributed by atoms with van der Waals surface area (Å²) in [4.78, 5) is 27.1. The fraction of sp³-hybridized carbons (Fsp3) is 0.280. The maximum atomic E-state index is 12.7. The molecule has 1 aliphatic rings. The molecule has 4 rings (SSSR count). The minimum Gasteiger partial charge on any atom is -0.461 e. The van der Waals surface area contributed by atoms with Crippen molar-refractivity contribution in [3.63, 3.8) is 0 Å².